The summed E-state index contributed by atoms with van der Waals surface area (Å²) in [6, 6.07) is 8.03. The molecule has 1 atom stereocenters. The lowest BCUT2D eigenvalue weighted by Crippen LogP contribution is -2.17. The van der Waals surface area contributed by atoms with Crippen LogP contribution in [0.2, 0.25) is 5.02 Å². The zero-order valence-corrected chi connectivity index (χ0v) is 11.6. The van der Waals surface area contributed by atoms with Gasteiger partial charge in [-0.25, -0.2) is 9.97 Å². The van der Waals surface area contributed by atoms with Crippen molar-refractivity contribution in [2.75, 3.05) is 0 Å². The first-order chi connectivity index (χ1) is 8.65. The fourth-order valence-corrected chi connectivity index (χ4v) is 2.64. The number of hydrogen-bond donors (Lipinski definition) is 1. The summed E-state index contributed by atoms with van der Waals surface area (Å²) in [6.45, 7) is 1.98. The van der Waals surface area contributed by atoms with E-state index in [9.17, 15) is 0 Å². The number of rotatable bonds is 4. The second-order valence-electron chi connectivity index (χ2n) is 4.10. The van der Waals surface area contributed by atoms with E-state index in [4.69, 9.17) is 17.3 Å². The van der Waals surface area contributed by atoms with Gasteiger partial charge in [0.15, 0.2) is 0 Å². The average molecular weight is 280 g/mol. The Bertz CT molecular complexity index is 517. The Morgan fingerprint density at radius 2 is 2.22 bits per heavy atom. The lowest BCUT2D eigenvalue weighted by molar-refractivity contribution is 0.738. The summed E-state index contributed by atoms with van der Waals surface area (Å²) in [6.07, 6.45) is 4.08. The van der Waals surface area contributed by atoms with Crippen molar-refractivity contribution in [1.29, 1.82) is 0 Å². The molecule has 0 amide bonds. The van der Waals surface area contributed by atoms with Gasteiger partial charge < -0.3 is 5.73 Å². The highest BCUT2D eigenvalue weighted by Crippen LogP contribution is 2.32. The number of benzene rings is 1. The minimum absolute atomic E-state index is 0.140. The summed E-state index contributed by atoms with van der Waals surface area (Å²) in [5, 5.41) is 1.61. The van der Waals surface area contributed by atoms with E-state index in [2.05, 4.69) is 16.0 Å². The molecule has 0 radical (unpaired) electrons. The second kappa shape index (κ2) is 6.18. The molecule has 3 nitrogen and oxygen atoms in total. The zero-order chi connectivity index (χ0) is 13.0. The van der Waals surface area contributed by atoms with Gasteiger partial charge in [-0.3, -0.25) is 0 Å². The lowest BCUT2D eigenvalue weighted by atomic mass is 10.1. The Kier molecular flexibility index (Phi) is 4.58. The van der Waals surface area contributed by atoms with Gasteiger partial charge in [0.1, 0.15) is 11.4 Å². The second-order valence-corrected chi connectivity index (χ2v) is 5.57. The smallest absolute Gasteiger partial charge is 0.116 e. The van der Waals surface area contributed by atoms with Crippen molar-refractivity contribution in [1.82, 2.24) is 9.97 Å². The van der Waals surface area contributed by atoms with Gasteiger partial charge in [0.2, 0.25) is 0 Å². The van der Waals surface area contributed by atoms with E-state index in [-0.39, 0.29) is 6.04 Å². The van der Waals surface area contributed by atoms with E-state index in [1.54, 1.807) is 6.20 Å². The third-order valence-corrected chi connectivity index (χ3v) is 3.77. The third kappa shape index (κ3) is 3.70. The molecule has 0 spiro atoms. The minimum atomic E-state index is 0.140. The van der Waals surface area contributed by atoms with Crippen molar-refractivity contribution in [3.63, 3.8) is 0 Å². The molecule has 5 heteroatoms. The van der Waals surface area contributed by atoms with Gasteiger partial charge >= 0.3 is 0 Å². The van der Waals surface area contributed by atoms with Crippen LogP contribution in [-0.2, 0) is 6.42 Å². The molecule has 0 aliphatic carbocycles. The zero-order valence-electron chi connectivity index (χ0n) is 10.0. The largest absolute Gasteiger partial charge is 0.328 e. The van der Waals surface area contributed by atoms with Crippen LogP contribution in [-0.4, -0.2) is 16.0 Å². The Morgan fingerprint density at radius 1 is 1.39 bits per heavy atom. The molecule has 1 unspecified atom stereocenters. The van der Waals surface area contributed by atoms with Crippen LogP contribution in [0.3, 0.4) is 0 Å². The quantitative estimate of drug-likeness (QED) is 0.874. The van der Waals surface area contributed by atoms with Crippen molar-refractivity contribution in [2.45, 2.75) is 29.3 Å². The first-order valence-electron chi connectivity index (χ1n) is 5.63. The number of aromatic nitrogens is 2. The Balaban J connectivity index is 2.15. The summed E-state index contributed by atoms with van der Waals surface area (Å²) >= 11 is 7.79. The van der Waals surface area contributed by atoms with Crippen molar-refractivity contribution in [2.24, 2.45) is 5.73 Å². The summed E-state index contributed by atoms with van der Waals surface area (Å²) in [7, 11) is 0. The maximum Gasteiger partial charge on any atom is 0.116 e. The van der Waals surface area contributed by atoms with Crippen LogP contribution >= 0.6 is 23.4 Å². The number of nitrogens with two attached hydrogens (primary N) is 1. The van der Waals surface area contributed by atoms with E-state index >= 15 is 0 Å². The highest BCUT2D eigenvalue weighted by atomic mass is 35.5. The fraction of sp³-hybridized carbons (Fsp3) is 0.231. The number of nitrogens with zero attached hydrogens (tertiary/aromatic N) is 2. The Labute approximate surface area is 116 Å². The van der Waals surface area contributed by atoms with Crippen molar-refractivity contribution >= 4 is 23.4 Å². The Morgan fingerprint density at radius 3 is 2.83 bits per heavy atom. The molecule has 0 fully saturated rings. The molecule has 0 aliphatic rings. The predicted octanol–water partition coefficient (Wildman–Crippen LogP) is 3.17. The van der Waals surface area contributed by atoms with Gasteiger partial charge in [-0.2, -0.15) is 0 Å². The molecule has 1 aromatic carbocycles. The maximum atomic E-state index is 6.26. The van der Waals surface area contributed by atoms with Crippen LogP contribution in [0, 0.1) is 0 Å². The van der Waals surface area contributed by atoms with Crippen LogP contribution in [0.5, 0.6) is 0 Å². The monoisotopic (exact) mass is 279 g/mol. The van der Waals surface area contributed by atoms with Crippen LogP contribution in [0.4, 0.5) is 0 Å². The summed E-state index contributed by atoms with van der Waals surface area (Å²) in [5.74, 6) is 0. The highest BCUT2D eigenvalue weighted by Gasteiger charge is 2.06. The predicted molar refractivity (Wildman–Crippen MR) is 75.0 cm³/mol. The molecule has 18 heavy (non-hydrogen) atoms. The first kappa shape index (κ1) is 13.3. The molecular weight excluding hydrogens is 266 g/mol. The van der Waals surface area contributed by atoms with E-state index in [1.807, 2.05) is 25.1 Å². The van der Waals surface area contributed by atoms with E-state index in [1.165, 1.54) is 18.1 Å². The maximum absolute atomic E-state index is 6.26. The topological polar surface area (TPSA) is 51.8 Å². The molecule has 94 valence electrons. The molecule has 2 rings (SSSR count). The van der Waals surface area contributed by atoms with Gasteiger partial charge in [-0.1, -0.05) is 29.4 Å². The highest BCUT2D eigenvalue weighted by molar-refractivity contribution is 7.99. The molecule has 0 bridgehead atoms. The van der Waals surface area contributed by atoms with Crippen LogP contribution < -0.4 is 5.73 Å². The molecule has 1 aromatic heterocycles. The van der Waals surface area contributed by atoms with Crippen LogP contribution in [0.1, 0.15) is 12.5 Å². The van der Waals surface area contributed by atoms with Gasteiger partial charge in [-0.05, 0) is 37.1 Å². The summed E-state index contributed by atoms with van der Waals surface area (Å²) < 4.78 is 0. The SMILES string of the molecule is CC(N)Cc1ccc(Sc2ccncn2)c(Cl)c1. The van der Waals surface area contributed by atoms with E-state index in [0.717, 1.165) is 26.9 Å². The normalized spacial score (nSPS) is 12.4. The van der Waals surface area contributed by atoms with Crippen molar-refractivity contribution in [3.05, 3.63) is 47.4 Å². The molecule has 1 heterocycles. The van der Waals surface area contributed by atoms with Gasteiger partial charge in [0.25, 0.3) is 0 Å². The fourth-order valence-electron chi connectivity index (χ4n) is 1.58. The van der Waals surface area contributed by atoms with E-state index in [0.29, 0.717) is 0 Å². The third-order valence-electron chi connectivity index (χ3n) is 2.32. The molecular formula is C13H14ClN3S. The first-order valence-corrected chi connectivity index (χ1v) is 6.82. The molecule has 0 saturated heterocycles. The lowest BCUT2D eigenvalue weighted by Gasteiger charge is -2.08. The average Bonchev–Trinajstić information content (AvgIpc) is 2.33. The van der Waals surface area contributed by atoms with Crippen LogP contribution in [0.25, 0.3) is 0 Å². The standard InChI is InChI=1S/C13H14ClN3S/c1-9(15)6-10-2-3-12(11(14)7-10)18-13-4-5-16-8-17-13/h2-5,7-9H,6,15H2,1H3. The van der Waals surface area contributed by atoms with Crippen molar-refractivity contribution in [3.8, 4) is 0 Å². The Hall–Kier alpha value is -1.10. The molecule has 0 aliphatic heterocycles. The van der Waals surface area contributed by atoms with Gasteiger partial charge in [0.05, 0.1) is 5.02 Å². The number of hydrogen-bond acceptors (Lipinski definition) is 4. The summed E-state index contributed by atoms with van der Waals surface area (Å²) in [4.78, 5) is 9.03. The molecule has 2 N–H and O–H groups in total. The van der Waals surface area contributed by atoms with Crippen molar-refractivity contribution < 1.29 is 0 Å². The van der Waals surface area contributed by atoms with Gasteiger partial charge in [-0.15, -0.1) is 0 Å². The number of halogens is 1. The van der Waals surface area contributed by atoms with E-state index < -0.39 is 0 Å². The minimum Gasteiger partial charge on any atom is -0.328 e. The molecule has 2 aromatic rings. The molecule has 0 saturated carbocycles. The summed E-state index contributed by atoms with van der Waals surface area (Å²) in [5.41, 5.74) is 6.93. The van der Waals surface area contributed by atoms with Gasteiger partial charge in [0, 0.05) is 17.1 Å². The van der Waals surface area contributed by atoms with Crippen LogP contribution in [0.15, 0.2) is 46.7 Å².